The molecule has 11 nitrogen and oxygen atoms in total. The van der Waals surface area contributed by atoms with E-state index in [1.54, 1.807) is 0 Å². The molecule has 0 radical (unpaired) electrons. The van der Waals surface area contributed by atoms with Crippen molar-refractivity contribution in [2.45, 2.75) is 31.3 Å². The number of amides is 1. The highest BCUT2D eigenvalue weighted by Crippen LogP contribution is 1.94. The van der Waals surface area contributed by atoms with Crippen molar-refractivity contribution in [1.29, 1.82) is 0 Å². The monoisotopic (exact) mass is 306 g/mol. The number of hydrogen-bond donors (Lipinski definition) is 7. The first kappa shape index (κ1) is 20.9. The number of carboxylic acid groups (broad SMARTS) is 2. The molecule has 0 saturated carbocycles. The van der Waals surface area contributed by atoms with Crippen LogP contribution in [0.3, 0.4) is 0 Å². The number of carbonyl (C=O) groups excluding carboxylic acids is 1. The molecular weight excluding hydrogens is 284 g/mol. The first-order valence-corrected chi connectivity index (χ1v) is 5.88. The Balaban J connectivity index is 0. The molecule has 0 aliphatic rings. The van der Waals surface area contributed by atoms with Gasteiger partial charge in [-0.15, -0.1) is 0 Å². The molecule has 11 heteroatoms. The zero-order chi connectivity index (χ0) is 17.0. The smallest absolute Gasteiger partial charge is 0.321 e. The van der Waals surface area contributed by atoms with Gasteiger partial charge < -0.3 is 38.9 Å². The first-order chi connectivity index (χ1) is 9.57. The molecule has 0 bridgehead atoms. The summed E-state index contributed by atoms with van der Waals surface area (Å²) in [6.45, 7) is 0.420. The van der Waals surface area contributed by atoms with Crippen LogP contribution < -0.4 is 28.7 Å². The maximum absolute atomic E-state index is 10.2. The van der Waals surface area contributed by atoms with Gasteiger partial charge in [-0.05, 0) is 12.8 Å². The summed E-state index contributed by atoms with van der Waals surface area (Å²) in [6, 6.07) is -1.98. The molecule has 0 aromatic heterocycles. The second-order valence-electron chi connectivity index (χ2n) is 4.01. The third-order valence-corrected chi connectivity index (χ3v) is 2.02. The topological polar surface area (TPSA) is 234 Å². The largest absolute Gasteiger partial charge is 0.480 e. The van der Waals surface area contributed by atoms with E-state index in [1.165, 1.54) is 0 Å². The summed E-state index contributed by atoms with van der Waals surface area (Å²) in [4.78, 5) is 33.8. The van der Waals surface area contributed by atoms with Crippen molar-refractivity contribution in [1.82, 2.24) is 0 Å². The molecule has 21 heavy (non-hydrogen) atoms. The van der Waals surface area contributed by atoms with Crippen molar-refractivity contribution in [3.63, 3.8) is 0 Å². The van der Waals surface area contributed by atoms with E-state index < -0.39 is 29.9 Å². The van der Waals surface area contributed by atoms with E-state index >= 15 is 0 Å². The van der Waals surface area contributed by atoms with Gasteiger partial charge in [-0.1, -0.05) is 0 Å². The number of carboxylic acids is 2. The number of rotatable bonds is 8. The molecule has 2 atom stereocenters. The lowest BCUT2D eigenvalue weighted by Crippen LogP contribution is -2.34. The molecule has 1 amide bonds. The number of primary amides is 1. The molecule has 0 rings (SSSR count). The molecular formula is C10H22N6O5. The second kappa shape index (κ2) is 11.4. The molecule has 0 aliphatic carbocycles. The highest BCUT2D eigenvalue weighted by Gasteiger charge is 2.13. The Morgan fingerprint density at radius 3 is 1.71 bits per heavy atom. The van der Waals surface area contributed by atoms with Crippen LogP contribution in [-0.4, -0.2) is 52.6 Å². The van der Waals surface area contributed by atoms with Gasteiger partial charge in [0.05, 0.1) is 6.42 Å². The molecule has 2 unspecified atom stereocenters. The van der Waals surface area contributed by atoms with Crippen molar-refractivity contribution in [3.8, 4) is 0 Å². The van der Waals surface area contributed by atoms with Crippen LogP contribution in [0, 0.1) is 0 Å². The average molecular weight is 306 g/mol. The van der Waals surface area contributed by atoms with Crippen LogP contribution in [0.5, 0.6) is 0 Å². The minimum absolute atomic E-state index is 0.0129. The third kappa shape index (κ3) is 15.5. The second-order valence-corrected chi connectivity index (χ2v) is 4.01. The van der Waals surface area contributed by atoms with Gasteiger partial charge in [-0.3, -0.25) is 19.4 Å². The highest BCUT2D eigenvalue weighted by molar-refractivity contribution is 5.83. The molecule has 0 heterocycles. The summed E-state index contributed by atoms with van der Waals surface area (Å²) in [5, 5.41) is 16.5. The van der Waals surface area contributed by atoms with Crippen LogP contribution in [0.15, 0.2) is 4.99 Å². The van der Waals surface area contributed by atoms with Gasteiger partial charge in [0.2, 0.25) is 5.91 Å². The van der Waals surface area contributed by atoms with Gasteiger partial charge in [0.1, 0.15) is 12.1 Å². The average Bonchev–Trinajstić information content (AvgIpc) is 2.33. The van der Waals surface area contributed by atoms with Gasteiger partial charge in [-0.2, -0.15) is 0 Å². The minimum atomic E-state index is -1.21. The molecule has 0 fully saturated rings. The van der Waals surface area contributed by atoms with Crippen LogP contribution in [0.25, 0.3) is 0 Å². The van der Waals surface area contributed by atoms with E-state index in [0.717, 1.165) is 0 Å². The third-order valence-electron chi connectivity index (χ3n) is 2.02. The number of aliphatic imine (C=N–C) groups is 1. The number of nitrogens with zero attached hydrogens (tertiary/aromatic N) is 1. The van der Waals surface area contributed by atoms with Crippen LogP contribution in [0.1, 0.15) is 19.3 Å². The predicted molar refractivity (Wildman–Crippen MR) is 74.9 cm³/mol. The molecule has 0 aliphatic heterocycles. The van der Waals surface area contributed by atoms with Crippen LogP contribution in [-0.2, 0) is 14.4 Å². The van der Waals surface area contributed by atoms with Gasteiger partial charge in [0.15, 0.2) is 5.96 Å². The van der Waals surface area contributed by atoms with Gasteiger partial charge in [0, 0.05) is 6.54 Å². The first-order valence-electron chi connectivity index (χ1n) is 5.88. The predicted octanol–water partition coefficient (Wildman–Crippen LogP) is -3.27. The van der Waals surface area contributed by atoms with E-state index in [4.69, 9.17) is 33.1 Å². The molecule has 12 N–H and O–H groups in total. The van der Waals surface area contributed by atoms with Crippen molar-refractivity contribution < 1.29 is 24.6 Å². The number of nitrogens with two attached hydrogens (primary N) is 5. The summed E-state index contributed by atoms with van der Waals surface area (Å²) < 4.78 is 0. The van der Waals surface area contributed by atoms with Gasteiger partial charge in [0.25, 0.3) is 0 Å². The van der Waals surface area contributed by atoms with E-state index in [1.807, 2.05) is 0 Å². The highest BCUT2D eigenvalue weighted by atomic mass is 16.4. The zero-order valence-corrected chi connectivity index (χ0v) is 11.4. The summed E-state index contributed by atoms with van der Waals surface area (Å²) in [6.07, 6.45) is 0.646. The fraction of sp³-hybridized carbons (Fsp3) is 0.600. The van der Waals surface area contributed by atoms with Crippen LogP contribution >= 0.6 is 0 Å². The Labute approximate surface area is 121 Å². The van der Waals surface area contributed by atoms with E-state index in [9.17, 15) is 14.4 Å². The molecule has 122 valence electrons. The Kier molecular flexibility index (Phi) is 11.4. The Bertz CT molecular complexity index is 382. The van der Waals surface area contributed by atoms with E-state index in [2.05, 4.69) is 10.7 Å². The standard InChI is InChI=1S/C6H14N4O2.C4H8N2O3/c7-4(5(11)12)2-1-3-10-6(8)9;5-2(4(8)9)1-3(6)7/h4H,1-3,7H2,(H,11,12)(H4,8,9,10);2H,1,5H2,(H2,6,7)(H,8,9). The van der Waals surface area contributed by atoms with Crippen LogP contribution in [0.2, 0.25) is 0 Å². The summed E-state index contributed by atoms with van der Waals surface area (Å²) >= 11 is 0. The number of guanidine groups is 1. The van der Waals surface area contributed by atoms with Crippen molar-refractivity contribution in [2.75, 3.05) is 6.54 Å². The van der Waals surface area contributed by atoms with E-state index in [-0.39, 0.29) is 12.4 Å². The molecule has 0 spiro atoms. The Morgan fingerprint density at radius 2 is 1.43 bits per heavy atom. The Hall–Kier alpha value is -2.40. The summed E-state index contributed by atoms with van der Waals surface area (Å²) in [5.74, 6) is -2.91. The van der Waals surface area contributed by atoms with Crippen molar-refractivity contribution >= 4 is 23.8 Å². The number of aliphatic carboxylic acids is 2. The maximum Gasteiger partial charge on any atom is 0.321 e. The lowest BCUT2D eigenvalue weighted by molar-refractivity contribution is -0.140. The summed E-state index contributed by atoms with van der Waals surface area (Å²) in [7, 11) is 0. The van der Waals surface area contributed by atoms with Crippen molar-refractivity contribution in [2.24, 2.45) is 33.7 Å². The summed E-state index contributed by atoms with van der Waals surface area (Å²) in [5.41, 5.74) is 24.9. The molecule has 0 saturated heterocycles. The SMILES string of the molecule is NC(=O)CC(N)C(=O)O.NC(N)=NCCCC(N)C(=O)O. The quantitative estimate of drug-likeness (QED) is 0.135. The lowest BCUT2D eigenvalue weighted by Gasteiger charge is -2.03. The molecule has 0 aromatic rings. The lowest BCUT2D eigenvalue weighted by atomic mass is 10.2. The van der Waals surface area contributed by atoms with Crippen LogP contribution in [0.4, 0.5) is 0 Å². The number of hydrogen-bond acceptors (Lipinski definition) is 6. The number of carbonyl (C=O) groups is 3. The fourth-order valence-corrected chi connectivity index (χ4v) is 0.947. The fourth-order valence-electron chi connectivity index (χ4n) is 0.947. The van der Waals surface area contributed by atoms with Gasteiger partial charge >= 0.3 is 11.9 Å². The van der Waals surface area contributed by atoms with E-state index in [0.29, 0.717) is 19.4 Å². The van der Waals surface area contributed by atoms with Crippen molar-refractivity contribution in [3.05, 3.63) is 0 Å². The normalized spacial score (nSPS) is 12.3. The van der Waals surface area contributed by atoms with Gasteiger partial charge in [-0.25, -0.2) is 0 Å². The Morgan fingerprint density at radius 1 is 0.952 bits per heavy atom. The maximum atomic E-state index is 10.2. The minimum Gasteiger partial charge on any atom is -0.480 e. The molecule has 0 aromatic carbocycles. The zero-order valence-electron chi connectivity index (χ0n) is 11.4.